The molecule has 126 valence electrons. The van der Waals surface area contributed by atoms with Crippen molar-refractivity contribution in [3.63, 3.8) is 0 Å². The number of aliphatic hydroxyl groups excluding tert-OH is 1. The first-order valence-electron chi connectivity index (χ1n) is 8.46. The number of nitriles is 1. The molecule has 0 radical (unpaired) electrons. The summed E-state index contributed by atoms with van der Waals surface area (Å²) in [6, 6.07) is 17.9. The van der Waals surface area contributed by atoms with E-state index in [4.69, 9.17) is 5.26 Å². The Morgan fingerprint density at radius 3 is 2.36 bits per heavy atom. The van der Waals surface area contributed by atoms with Crippen LogP contribution in [0.2, 0.25) is 0 Å². The second-order valence-electron chi connectivity index (χ2n) is 6.59. The number of fused-ring (bicyclic) bond motifs is 1. The van der Waals surface area contributed by atoms with Gasteiger partial charge in [-0.3, -0.25) is 4.79 Å². The third kappa shape index (κ3) is 2.60. The van der Waals surface area contributed by atoms with E-state index in [0.29, 0.717) is 12.1 Å². The lowest BCUT2D eigenvalue weighted by molar-refractivity contribution is -0.153. The van der Waals surface area contributed by atoms with Crippen LogP contribution in [0, 0.1) is 11.3 Å². The Kier molecular flexibility index (Phi) is 4.00. The highest BCUT2D eigenvalue weighted by Crippen LogP contribution is 2.41. The van der Waals surface area contributed by atoms with Crippen molar-refractivity contribution in [2.24, 2.45) is 0 Å². The zero-order chi connectivity index (χ0) is 17.4. The van der Waals surface area contributed by atoms with Crippen molar-refractivity contribution in [1.82, 2.24) is 10.2 Å². The highest BCUT2D eigenvalue weighted by molar-refractivity contribution is 5.81. The number of hydrogen-bond donors (Lipinski definition) is 2. The molecule has 5 heteroatoms. The number of nitrogens with one attached hydrogen (secondary N) is 1. The quantitative estimate of drug-likeness (QED) is 0.892. The van der Waals surface area contributed by atoms with Crippen LogP contribution < -0.4 is 5.32 Å². The van der Waals surface area contributed by atoms with E-state index in [-0.39, 0.29) is 30.5 Å². The molecule has 2 aromatic carbocycles. The van der Waals surface area contributed by atoms with Gasteiger partial charge in [-0.25, -0.2) is 0 Å². The van der Waals surface area contributed by atoms with Gasteiger partial charge in [0.1, 0.15) is 0 Å². The summed E-state index contributed by atoms with van der Waals surface area (Å²) < 4.78 is 0. The molecule has 2 N–H and O–H groups in total. The minimum absolute atomic E-state index is 0.00964. The van der Waals surface area contributed by atoms with E-state index in [9.17, 15) is 9.90 Å². The number of piperazine rings is 1. The molecule has 2 saturated heterocycles. The van der Waals surface area contributed by atoms with E-state index < -0.39 is 0 Å². The maximum absolute atomic E-state index is 12.0. The molecule has 2 heterocycles. The van der Waals surface area contributed by atoms with E-state index in [0.717, 1.165) is 23.2 Å². The Bertz CT molecular complexity index is 818. The number of aliphatic hydroxyl groups is 1. The minimum atomic E-state index is -0.125. The van der Waals surface area contributed by atoms with Crippen molar-refractivity contribution in [3.05, 3.63) is 59.7 Å². The van der Waals surface area contributed by atoms with Crippen molar-refractivity contribution in [2.45, 2.75) is 18.0 Å². The third-order valence-electron chi connectivity index (χ3n) is 5.29. The molecule has 0 bridgehead atoms. The van der Waals surface area contributed by atoms with Gasteiger partial charge >= 0.3 is 0 Å². The first-order chi connectivity index (χ1) is 12.2. The summed E-state index contributed by atoms with van der Waals surface area (Å²) in [5.41, 5.74) is 3.95. The Labute approximate surface area is 146 Å². The summed E-state index contributed by atoms with van der Waals surface area (Å²) in [6.07, 6.45) is 0. The summed E-state index contributed by atoms with van der Waals surface area (Å²) in [6.45, 7) is 1.12. The molecule has 0 spiro atoms. The average molecular weight is 333 g/mol. The fourth-order valence-corrected chi connectivity index (χ4v) is 4.04. The Morgan fingerprint density at radius 1 is 1.12 bits per heavy atom. The van der Waals surface area contributed by atoms with Gasteiger partial charge in [-0.2, -0.15) is 5.26 Å². The lowest BCUT2D eigenvalue weighted by atomic mass is 9.74. The first-order valence-corrected chi connectivity index (χ1v) is 8.46. The Morgan fingerprint density at radius 2 is 1.76 bits per heavy atom. The first kappa shape index (κ1) is 15.8. The van der Waals surface area contributed by atoms with E-state index in [2.05, 4.69) is 35.7 Å². The van der Waals surface area contributed by atoms with Crippen LogP contribution in [0.1, 0.15) is 17.0 Å². The highest BCUT2D eigenvalue weighted by atomic mass is 16.3. The molecule has 0 saturated carbocycles. The molecular formula is C20H19N3O2. The summed E-state index contributed by atoms with van der Waals surface area (Å²) in [4.78, 5) is 13.9. The fraction of sp³-hybridized carbons (Fsp3) is 0.300. The van der Waals surface area contributed by atoms with E-state index in [1.165, 1.54) is 0 Å². The van der Waals surface area contributed by atoms with Crippen LogP contribution in [0.4, 0.5) is 0 Å². The van der Waals surface area contributed by atoms with Gasteiger partial charge in [0, 0.05) is 12.5 Å². The molecule has 2 fully saturated rings. The molecule has 0 aliphatic carbocycles. The van der Waals surface area contributed by atoms with Gasteiger partial charge in [-0.1, -0.05) is 36.4 Å². The van der Waals surface area contributed by atoms with Crippen LogP contribution in [0.5, 0.6) is 0 Å². The molecule has 3 atom stereocenters. The van der Waals surface area contributed by atoms with Crippen molar-refractivity contribution >= 4 is 5.91 Å². The zero-order valence-corrected chi connectivity index (χ0v) is 13.7. The second kappa shape index (κ2) is 6.32. The normalized spacial score (nSPS) is 25.0. The molecule has 4 rings (SSSR count). The molecule has 0 aromatic heterocycles. The summed E-state index contributed by atoms with van der Waals surface area (Å²) in [7, 11) is 0. The molecule has 2 aliphatic rings. The number of carbonyl (C=O) groups is 1. The van der Waals surface area contributed by atoms with E-state index >= 15 is 0 Å². The molecule has 5 nitrogen and oxygen atoms in total. The molecule has 0 unspecified atom stereocenters. The number of hydrogen-bond acceptors (Lipinski definition) is 4. The van der Waals surface area contributed by atoms with Gasteiger partial charge in [-0.15, -0.1) is 0 Å². The van der Waals surface area contributed by atoms with E-state index in [1.807, 2.05) is 29.2 Å². The smallest absolute Gasteiger partial charge is 0.237 e. The maximum Gasteiger partial charge on any atom is 0.237 e. The number of benzene rings is 2. The lowest BCUT2D eigenvalue weighted by Crippen LogP contribution is -2.72. The molecular weight excluding hydrogens is 314 g/mol. The average Bonchev–Trinajstić information content (AvgIpc) is 2.64. The number of rotatable bonds is 3. The van der Waals surface area contributed by atoms with Crippen molar-refractivity contribution in [1.29, 1.82) is 5.26 Å². The number of carbonyl (C=O) groups excluding carboxylic acids is 1. The van der Waals surface area contributed by atoms with Crippen LogP contribution in [-0.2, 0) is 4.79 Å². The van der Waals surface area contributed by atoms with Gasteiger partial charge < -0.3 is 15.3 Å². The van der Waals surface area contributed by atoms with Gasteiger partial charge in [0.2, 0.25) is 5.91 Å². The monoisotopic (exact) mass is 333 g/mol. The Hall–Kier alpha value is -2.68. The van der Waals surface area contributed by atoms with Gasteiger partial charge in [-0.05, 0) is 28.8 Å². The second-order valence-corrected chi connectivity index (χ2v) is 6.59. The maximum atomic E-state index is 12.0. The van der Waals surface area contributed by atoms with Gasteiger partial charge in [0.25, 0.3) is 0 Å². The van der Waals surface area contributed by atoms with Crippen molar-refractivity contribution in [2.75, 3.05) is 19.7 Å². The fourth-order valence-electron chi connectivity index (χ4n) is 4.04. The molecule has 2 aliphatic heterocycles. The van der Waals surface area contributed by atoms with Gasteiger partial charge in [0.05, 0.1) is 36.9 Å². The largest absolute Gasteiger partial charge is 0.394 e. The predicted molar refractivity (Wildman–Crippen MR) is 93.7 cm³/mol. The number of nitrogens with zero attached hydrogens (tertiary/aromatic N) is 2. The summed E-state index contributed by atoms with van der Waals surface area (Å²) in [5, 5.41) is 21.8. The Balaban J connectivity index is 1.57. The summed E-state index contributed by atoms with van der Waals surface area (Å²) in [5.74, 6) is 0.234. The molecule has 1 amide bonds. The van der Waals surface area contributed by atoms with Crippen molar-refractivity contribution < 1.29 is 9.90 Å². The lowest BCUT2D eigenvalue weighted by Gasteiger charge is -2.57. The highest BCUT2D eigenvalue weighted by Gasteiger charge is 2.52. The SMILES string of the molecule is N#Cc1ccc(-c2ccc([C@H]3[C@H]4CNCC(=O)N4[C@H]3CO)cc2)cc1. The van der Waals surface area contributed by atoms with E-state index in [1.54, 1.807) is 0 Å². The van der Waals surface area contributed by atoms with Crippen LogP contribution in [0.3, 0.4) is 0 Å². The standard InChI is InChI=1S/C20H19N3O2/c21-9-13-1-3-14(4-2-13)15-5-7-16(8-6-15)20-17-10-22-11-19(25)23(17)18(20)12-24/h1-8,17-18,20,22,24H,10-12H2/t17-,18+,20+/m1/s1. The third-order valence-corrected chi connectivity index (χ3v) is 5.29. The predicted octanol–water partition coefficient (Wildman–Crippen LogP) is 1.48. The molecule has 25 heavy (non-hydrogen) atoms. The minimum Gasteiger partial charge on any atom is -0.394 e. The van der Waals surface area contributed by atoms with Crippen LogP contribution >= 0.6 is 0 Å². The zero-order valence-electron chi connectivity index (χ0n) is 13.7. The summed E-state index contributed by atoms with van der Waals surface area (Å²) >= 11 is 0. The van der Waals surface area contributed by atoms with Crippen LogP contribution in [0.25, 0.3) is 11.1 Å². The van der Waals surface area contributed by atoms with Gasteiger partial charge in [0.15, 0.2) is 0 Å². The van der Waals surface area contributed by atoms with Crippen molar-refractivity contribution in [3.8, 4) is 17.2 Å². The number of amides is 1. The van der Waals surface area contributed by atoms with Crippen LogP contribution in [-0.4, -0.2) is 47.7 Å². The topological polar surface area (TPSA) is 76.4 Å². The molecule has 2 aromatic rings. The van der Waals surface area contributed by atoms with Crippen LogP contribution in [0.15, 0.2) is 48.5 Å².